The maximum atomic E-state index is 2.35. The number of rotatable bonds is 5. The van der Waals surface area contributed by atoms with Crippen molar-refractivity contribution in [3.05, 3.63) is 169 Å². The highest BCUT2D eigenvalue weighted by Gasteiger charge is 2.23. The molecular formula is C41H32. The van der Waals surface area contributed by atoms with Crippen LogP contribution in [-0.2, 0) is 5.41 Å². The van der Waals surface area contributed by atoms with Crippen molar-refractivity contribution >= 4 is 21.5 Å². The van der Waals surface area contributed by atoms with Crippen LogP contribution >= 0.6 is 0 Å². The van der Waals surface area contributed by atoms with Crippen LogP contribution < -0.4 is 0 Å². The van der Waals surface area contributed by atoms with Gasteiger partial charge in [0.1, 0.15) is 0 Å². The molecule has 0 spiro atoms. The van der Waals surface area contributed by atoms with Gasteiger partial charge in [0.05, 0.1) is 0 Å². The van der Waals surface area contributed by atoms with E-state index in [4.69, 9.17) is 0 Å². The highest BCUT2D eigenvalue weighted by Crippen LogP contribution is 2.44. The van der Waals surface area contributed by atoms with Gasteiger partial charge < -0.3 is 0 Å². The van der Waals surface area contributed by atoms with Crippen LogP contribution in [0, 0.1) is 0 Å². The molecule has 0 saturated carbocycles. The number of benzene rings is 7. The molecule has 0 atom stereocenters. The van der Waals surface area contributed by atoms with E-state index < -0.39 is 0 Å². The second-order valence-corrected chi connectivity index (χ2v) is 11.4. The lowest BCUT2D eigenvalue weighted by Crippen LogP contribution is -2.18. The van der Waals surface area contributed by atoms with Crippen LogP contribution in [-0.4, -0.2) is 0 Å². The van der Waals surface area contributed by atoms with E-state index in [1.807, 2.05) is 0 Å². The third-order valence-corrected chi connectivity index (χ3v) is 8.58. The molecule has 41 heavy (non-hydrogen) atoms. The molecule has 0 amide bonds. The molecule has 0 aliphatic heterocycles. The Morgan fingerprint density at radius 2 is 0.732 bits per heavy atom. The summed E-state index contributed by atoms with van der Waals surface area (Å²) in [5.74, 6) is 0. The van der Waals surface area contributed by atoms with Crippen molar-refractivity contribution in [1.82, 2.24) is 0 Å². The second-order valence-electron chi connectivity index (χ2n) is 11.4. The van der Waals surface area contributed by atoms with Crippen LogP contribution in [0.4, 0.5) is 0 Å². The molecule has 0 unspecified atom stereocenters. The van der Waals surface area contributed by atoms with Crippen LogP contribution in [0.15, 0.2) is 158 Å². The lowest BCUT2D eigenvalue weighted by atomic mass is 9.78. The van der Waals surface area contributed by atoms with E-state index in [1.165, 1.54) is 66.1 Å². The third kappa shape index (κ3) is 4.42. The highest BCUT2D eigenvalue weighted by molar-refractivity contribution is 6.21. The predicted molar refractivity (Wildman–Crippen MR) is 176 cm³/mol. The standard InChI is InChI=1S/C41H32/c1-41(2,33-18-7-4-8-19-33)34-26-24-29(25-27-34)31-16-13-17-32(28-31)40-37-22-11-9-20-35(37)39(30-14-5-3-6-15-30)36-21-10-12-23-38(36)40/h3-28H,1-2H3. The van der Waals surface area contributed by atoms with Gasteiger partial charge in [0.15, 0.2) is 0 Å². The molecule has 0 nitrogen and oxygen atoms in total. The molecule has 0 heteroatoms. The first kappa shape index (κ1) is 25.1. The van der Waals surface area contributed by atoms with Crippen LogP contribution in [0.25, 0.3) is 54.9 Å². The molecule has 7 aromatic rings. The van der Waals surface area contributed by atoms with E-state index in [0.29, 0.717) is 0 Å². The molecule has 0 aliphatic carbocycles. The molecule has 0 radical (unpaired) electrons. The van der Waals surface area contributed by atoms with Gasteiger partial charge in [-0.3, -0.25) is 0 Å². The van der Waals surface area contributed by atoms with Crippen molar-refractivity contribution in [2.75, 3.05) is 0 Å². The van der Waals surface area contributed by atoms with Gasteiger partial charge in [-0.1, -0.05) is 166 Å². The summed E-state index contributed by atoms with van der Waals surface area (Å²) in [6.45, 7) is 4.60. The molecule has 7 rings (SSSR count). The Kier molecular flexibility index (Phi) is 6.25. The Balaban J connectivity index is 1.37. The van der Waals surface area contributed by atoms with E-state index in [0.717, 1.165) is 0 Å². The van der Waals surface area contributed by atoms with Gasteiger partial charge in [-0.05, 0) is 72.1 Å². The van der Waals surface area contributed by atoms with Gasteiger partial charge in [-0.15, -0.1) is 0 Å². The molecule has 0 aliphatic rings. The topological polar surface area (TPSA) is 0 Å². The lowest BCUT2D eigenvalue weighted by Gasteiger charge is -2.26. The Morgan fingerprint density at radius 3 is 1.29 bits per heavy atom. The second kappa shape index (κ2) is 10.2. The minimum atomic E-state index is -0.0556. The maximum absolute atomic E-state index is 2.35. The SMILES string of the molecule is CC(C)(c1ccccc1)c1ccc(-c2cccc(-c3c4ccccc4c(-c4ccccc4)c4ccccc34)c2)cc1. The first-order valence-corrected chi connectivity index (χ1v) is 14.4. The molecule has 0 heterocycles. The van der Waals surface area contributed by atoms with Crippen molar-refractivity contribution in [1.29, 1.82) is 0 Å². The van der Waals surface area contributed by atoms with Gasteiger partial charge in [0, 0.05) is 5.41 Å². The Hall–Kier alpha value is -4.94. The van der Waals surface area contributed by atoms with Crippen molar-refractivity contribution in [3.8, 4) is 33.4 Å². The summed E-state index contributed by atoms with van der Waals surface area (Å²) in [7, 11) is 0. The third-order valence-electron chi connectivity index (χ3n) is 8.58. The van der Waals surface area contributed by atoms with E-state index in [9.17, 15) is 0 Å². The van der Waals surface area contributed by atoms with Crippen LogP contribution in [0.3, 0.4) is 0 Å². The summed E-state index contributed by atoms with van der Waals surface area (Å²) in [6, 6.07) is 57.4. The number of hydrogen-bond acceptors (Lipinski definition) is 0. The van der Waals surface area contributed by atoms with Gasteiger partial charge >= 0.3 is 0 Å². The molecular weight excluding hydrogens is 492 g/mol. The molecule has 0 saturated heterocycles. The fourth-order valence-electron chi connectivity index (χ4n) is 6.31. The van der Waals surface area contributed by atoms with Gasteiger partial charge in [0.2, 0.25) is 0 Å². The van der Waals surface area contributed by atoms with E-state index in [2.05, 4.69) is 172 Å². The fraction of sp³-hybridized carbons (Fsp3) is 0.0732. The zero-order valence-corrected chi connectivity index (χ0v) is 23.5. The van der Waals surface area contributed by atoms with Crippen LogP contribution in [0.5, 0.6) is 0 Å². The Labute approximate surface area is 242 Å². The predicted octanol–water partition coefficient (Wildman–Crippen LogP) is 11.3. The molecule has 7 aromatic carbocycles. The normalized spacial score (nSPS) is 11.7. The Bertz CT molecular complexity index is 1920. The van der Waals surface area contributed by atoms with Crippen molar-refractivity contribution in [2.45, 2.75) is 19.3 Å². The zero-order valence-electron chi connectivity index (χ0n) is 23.5. The smallest absolute Gasteiger partial charge is 0.0146 e. The van der Waals surface area contributed by atoms with Crippen molar-refractivity contribution < 1.29 is 0 Å². The zero-order chi connectivity index (χ0) is 27.8. The average molecular weight is 525 g/mol. The summed E-state index contributed by atoms with van der Waals surface area (Å²) in [4.78, 5) is 0. The minimum Gasteiger partial charge on any atom is -0.0622 e. The molecule has 0 aromatic heterocycles. The molecule has 196 valence electrons. The lowest BCUT2D eigenvalue weighted by molar-refractivity contribution is 0.641. The average Bonchev–Trinajstić information content (AvgIpc) is 3.04. The highest BCUT2D eigenvalue weighted by atomic mass is 14.3. The minimum absolute atomic E-state index is 0.0556. The molecule has 0 fully saturated rings. The van der Waals surface area contributed by atoms with Gasteiger partial charge in [0.25, 0.3) is 0 Å². The fourth-order valence-corrected chi connectivity index (χ4v) is 6.31. The number of hydrogen-bond donors (Lipinski definition) is 0. The largest absolute Gasteiger partial charge is 0.0622 e. The first-order chi connectivity index (χ1) is 20.1. The first-order valence-electron chi connectivity index (χ1n) is 14.4. The molecule has 0 bridgehead atoms. The summed E-state index contributed by atoms with van der Waals surface area (Å²) in [5, 5.41) is 5.12. The van der Waals surface area contributed by atoms with E-state index in [1.54, 1.807) is 0 Å². The maximum Gasteiger partial charge on any atom is 0.0146 e. The van der Waals surface area contributed by atoms with E-state index in [-0.39, 0.29) is 5.41 Å². The van der Waals surface area contributed by atoms with Gasteiger partial charge in [-0.25, -0.2) is 0 Å². The van der Waals surface area contributed by atoms with Crippen molar-refractivity contribution in [2.24, 2.45) is 0 Å². The van der Waals surface area contributed by atoms with Crippen molar-refractivity contribution in [3.63, 3.8) is 0 Å². The summed E-state index contributed by atoms with van der Waals surface area (Å²) in [6.07, 6.45) is 0. The summed E-state index contributed by atoms with van der Waals surface area (Å²) in [5.41, 5.74) is 10.1. The monoisotopic (exact) mass is 524 g/mol. The Morgan fingerprint density at radius 1 is 0.317 bits per heavy atom. The van der Waals surface area contributed by atoms with Gasteiger partial charge in [-0.2, -0.15) is 0 Å². The quantitative estimate of drug-likeness (QED) is 0.196. The van der Waals surface area contributed by atoms with Crippen LogP contribution in [0.1, 0.15) is 25.0 Å². The number of fused-ring (bicyclic) bond motifs is 2. The van der Waals surface area contributed by atoms with E-state index >= 15 is 0 Å². The summed E-state index contributed by atoms with van der Waals surface area (Å²) >= 11 is 0. The summed E-state index contributed by atoms with van der Waals surface area (Å²) < 4.78 is 0. The van der Waals surface area contributed by atoms with Crippen LogP contribution in [0.2, 0.25) is 0 Å². The molecule has 0 N–H and O–H groups in total.